The summed E-state index contributed by atoms with van der Waals surface area (Å²) in [6, 6.07) is 6.72. The van der Waals surface area contributed by atoms with Gasteiger partial charge < -0.3 is 4.74 Å². The molecule has 0 saturated carbocycles. The Bertz CT molecular complexity index is 721. The highest BCUT2D eigenvalue weighted by Gasteiger charge is 2.40. The highest BCUT2D eigenvalue weighted by atomic mass is 32.2. The fourth-order valence-corrected chi connectivity index (χ4v) is 4.11. The number of thiazole rings is 1. The van der Waals surface area contributed by atoms with Crippen molar-refractivity contribution in [3.05, 3.63) is 46.4 Å². The summed E-state index contributed by atoms with van der Waals surface area (Å²) in [5, 5.41) is 0.795. The Balaban J connectivity index is 1.98. The van der Waals surface area contributed by atoms with Crippen molar-refractivity contribution in [1.82, 2.24) is 4.98 Å². The molecule has 0 amide bonds. The first kappa shape index (κ1) is 13.3. The molecule has 2 unspecified atom stereocenters. The van der Waals surface area contributed by atoms with Crippen LogP contribution >= 0.6 is 11.3 Å². The molecule has 2 atom stereocenters. The number of benzene rings is 1. The van der Waals surface area contributed by atoms with Gasteiger partial charge >= 0.3 is 0 Å². The molecule has 0 radical (unpaired) electrons. The summed E-state index contributed by atoms with van der Waals surface area (Å²) in [7, 11) is -3.59. The minimum absolute atomic E-state index is 0.246. The second-order valence-corrected chi connectivity index (χ2v) is 7.24. The first-order valence-corrected chi connectivity index (χ1v) is 8.44. The molecular formula is C13H12N2O3S2. The second-order valence-electron chi connectivity index (χ2n) is 4.47. The van der Waals surface area contributed by atoms with Crippen LogP contribution < -0.4 is 0 Å². The predicted octanol–water partition coefficient (Wildman–Crippen LogP) is 2.35. The molecule has 0 aliphatic carbocycles. The van der Waals surface area contributed by atoms with Crippen molar-refractivity contribution in [3.63, 3.8) is 0 Å². The maximum absolute atomic E-state index is 12.6. The van der Waals surface area contributed by atoms with E-state index < -0.39 is 21.3 Å². The topological polar surface area (TPSA) is 68.6 Å². The van der Waals surface area contributed by atoms with Gasteiger partial charge in [-0.2, -0.15) is 0 Å². The number of sulfone groups is 1. The van der Waals surface area contributed by atoms with E-state index in [1.807, 2.05) is 6.92 Å². The van der Waals surface area contributed by atoms with Crippen molar-refractivity contribution in [2.45, 2.75) is 23.3 Å². The van der Waals surface area contributed by atoms with Gasteiger partial charge in [-0.3, -0.25) is 0 Å². The maximum atomic E-state index is 12.6. The van der Waals surface area contributed by atoms with E-state index in [0.29, 0.717) is 5.69 Å². The smallest absolute Gasteiger partial charge is 0.205 e. The number of aryl methyl sites for hydroxylation is 1. The molecule has 1 aromatic heterocycles. The standard InChI is InChI=1S/C13H12N2O3S2/c1-9-2-4-10(5-3-9)20(16,17)13-12(18-7-14-13)11-6-19-8-15-11/h2-8,12-13H,1H3. The van der Waals surface area contributed by atoms with Gasteiger partial charge in [-0.05, 0) is 19.1 Å². The molecule has 2 aromatic rings. The van der Waals surface area contributed by atoms with Crippen LogP contribution in [0.15, 0.2) is 45.0 Å². The van der Waals surface area contributed by atoms with E-state index in [0.717, 1.165) is 5.56 Å². The van der Waals surface area contributed by atoms with E-state index in [9.17, 15) is 8.42 Å². The molecule has 0 bridgehead atoms. The van der Waals surface area contributed by atoms with Gasteiger partial charge in [-0.25, -0.2) is 18.4 Å². The van der Waals surface area contributed by atoms with Crippen LogP contribution in [0.3, 0.4) is 0 Å². The monoisotopic (exact) mass is 308 g/mol. The minimum Gasteiger partial charge on any atom is -0.471 e. The van der Waals surface area contributed by atoms with E-state index in [2.05, 4.69) is 9.98 Å². The zero-order valence-electron chi connectivity index (χ0n) is 10.6. The summed E-state index contributed by atoms with van der Waals surface area (Å²) >= 11 is 1.40. The van der Waals surface area contributed by atoms with E-state index in [-0.39, 0.29) is 4.90 Å². The Hall–Kier alpha value is -1.73. The summed E-state index contributed by atoms with van der Waals surface area (Å²) in [6.45, 7) is 1.91. The third-order valence-corrected chi connectivity index (χ3v) is 5.62. The third-order valence-electron chi connectivity index (χ3n) is 3.08. The Morgan fingerprint density at radius 3 is 2.65 bits per heavy atom. The molecule has 20 heavy (non-hydrogen) atoms. The highest BCUT2D eigenvalue weighted by Crippen LogP contribution is 2.33. The lowest BCUT2D eigenvalue weighted by molar-refractivity contribution is 0.223. The van der Waals surface area contributed by atoms with Crippen molar-refractivity contribution in [2.24, 2.45) is 4.99 Å². The number of nitrogens with zero attached hydrogens (tertiary/aromatic N) is 2. The summed E-state index contributed by atoms with van der Waals surface area (Å²) in [5.74, 6) is 0. The summed E-state index contributed by atoms with van der Waals surface area (Å²) < 4.78 is 30.6. The largest absolute Gasteiger partial charge is 0.471 e. The zero-order valence-corrected chi connectivity index (χ0v) is 12.3. The van der Waals surface area contributed by atoms with Gasteiger partial charge in [0, 0.05) is 5.38 Å². The van der Waals surface area contributed by atoms with E-state index in [1.54, 1.807) is 35.2 Å². The van der Waals surface area contributed by atoms with Gasteiger partial charge in [0.05, 0.1) is 16.1 Å². The van der Waals surface area contributed by atoms with E-state index >= 15 is 0 Å². The van der Waals surface area contributed by atoms with Crippen molar-refractivity contribution in [2.75, 3.05) is 0 Å². The van der Waals surface area contributed by atoms with Crippen LogP contribution in [-0.4, -0.2) is 25.2 Å². The van der Waals surface area contributed by atoms with Crippen LogP contribution in [0, 0.1) is 6.92 Å². The van der Waals surface area contributed by atoms with Gasteiger partial charge in [0.2, 0.25) is 15.2 Å². The minimum atomic E-state index is -3.59. The fraction of sp³-hybridized carbons (Fsp3) is 0.231. The Morgan fingerprint density at radius 1 is 1.25 bits per heavy atom. The first-order chi connectivity index (χ1) is 9.59. The van der Waals surface area contributed by atoms with Crippen LogP contribution in [0.4, 0.5) is 0 Å². The second kappa shape index (κ2) is 4.99. The van der Waals surface area contributed by atoms with Crippen LogP contribution in [-0.2, 0) is 14.6 Å². The lowest BCUT2D eigenvalue weighted by Gasteiger charge is -2.16. The van der Waals surface area contributed by atoms with Gasteiger partial charge in [0.25, 0.3) is 0 Å². The number of hydrogen-bond acceptors (Lipinski definition) is 6. The third kappa shape index (κ3) is 2.23. The predicted molar refractivity (Wildman–Crippen MR) is 76.6 cm³/mol. The quantitative estimate of drug-likeness (QED) is 0.873. The molecule has 5 nitrogen and oxygen atoms in total. The van der Waals surface area contributed by atoms with Gasteiger partial charge in [-0.1, -0.05) is 17.7 Å². The molecule has 1 aliphatic rings. The molecule has 7 heteroatoms. The molecule has 1 aliphatic heterocycles. The molecule has 1 aromatic carbocycles. The van der Waals surface area contributed by atoms with Crippen molar-refractivity contribution in [3.8, 4) is 0 Å². The molecule has 0 fully saturated rings. The molecule has 0 spiro atoms. The maximum Gasteiger partial charge on any atom is 0.205 e. The van der Waals surface area contributed by atoms with Crippen LogP contribution in [0.5, 0.6) is 0 Å². The number of ether oxygens (including phenoxy) is 1. The number of aliphatic imine (C=N–C) groups is 1. The molecule has 3 rings (SSSR count). The van der Waals surface area contributed by atoms with Crippen molar-refractivity contribution >= 4 is 27.6 Å². The van der Waals surface area contributed by atoms with Crippen molar-refractivity contribution in [1.29, 1.82) is 0 Å². The van der Waals surface area contributed by atoms with E-state index in [4.69, 9.17) is 4.74 Å². The average molecular weight is 308 g/mol. The molecule has 2 heterocycles. The lowest BCUT2D eigenvalue weighted by Crippen LogP contribution is -2.24. The zero-order chi connectivity index (χ0) is 14.2. The Labute approximate surface area is 120 Å². The fourth-order valence-electron chi connectivity index (χ4n) is 1.99. The van der Waals surface area contributed by atoms with Crippen LogP contribution in [0.1, 0.15) is 17.4 Å². The first-order valence-electron chi connectivity index (χ1n) is 5.95. The average Bonchev–Trinajstić information content (AvgIpc) is 3.10. The SMILES string of the molecule is Cc1ccc(S(=O)(=O)C2N=COC2c2cscn2)cc1. The lowest BCUT2D eigenvalue weighted by atomic mass is 10.2. The highest BCUT2D eigenvalue weighted by molar-refractivity contribution is 7.92. The number of aromatic nitrogens is 1. The molecule has 104 valence electrons. The number of hydrogen-bond donors (Lipinski definition) is 0. The Morgan fingerprint density at radius 2 is 2.00 bits per heavy atom. The number of rotatable bonds is 3. The van der Waals surface area contributed by atoms with Crippen molar-refractivity contribution < 1.29 is 13.2 Å². The normalized spacial score (nSPS) is 21.9. The van der Waals surface area contributed by atoms with Crippen LogP contribution in [0.2, 0.25) is 0 Å². The van der Waals surface area contributed by atoms with Gasteiger partial charge in [-0.15, -0.1) is 11.3 Å². The van der Waals surface area contributed by atoms with Gasteiger partial charge in [0.15, 0.2) is 12.5 Å². The van der Waals surface area contributed by atoms with Crippen LogP contribution in [0.25, 0.3) is 0 Å². The van der Waals surface area contributed by atoms with E-state index in [1.165, 1.54) is 17.7 Å². The molecule has 0 saturated heterocycles. The molecular weight excluding hydrogens is 296 g/mol. The van der Waals surface area contributed by atoms with Gasteiger partial charge in [0.1, 0.15) is 0 Å². The Kier molecular flexibility index (Phi) is 3.31. The molecule has 0 N–H and O–H groups in total. The summed E-state index contributed by atoms with van der Waals surface area (Å²) in [5.41, 5.74) is 3.24. The summed E-state index contributed by atoms with van der Waals surface area (Å²) in [6.07, 6.45) is 0.521. The summed E-state index contributed by atoms with van der Waals surface area (Å²) in [4.78, 5) is 8.34.